The second kappa shape index (κ2) is 5.36. The Balaban J connectivity index is 3.61. The zero-order valence-electron chi connectivity index (χ0n) is 10.4. The van der Waals surface area contributed by atoms with Crippen LogP contribution in [0.2, 0.25) is 0 Å². The quantitative estimate of drug-likeness (QED) is 0.772. The van der Waals surface area contributed by atoms with Crippen molar-refractivity contribution in [3.05, 3.63) is 17.7 Å². The Morgan fingerprint density at radius 3 is 2.17 bits per heavy atom. The van der Waals surface area contributed by atoms with Crippen molar-refractivity contribution in [1.29, 1.82) is 0 Å². The van der Waals surface area contributed by atoms with E-state index in [1.165, 1.54) is 26.4 Å². The molecular weight excluding hydrogens is 258 g/mol. The fourth-order valence-corrected chi connectivity index (χ4v) is 2.39. The normalized spacial score (nSPS) is 11.1. The first kappa shape index (κ1) is 14.5. The zero-order chi connectivity index (χ0) is 13.9. The van der Waals surface area contributed by atoms with Gasteiger partial charge in [-0.2, -0.15) is 0 Å². The summed E-state index contributed by atoms with van der Waals surface area (Å²) in [5.41, 5.74) is 5.48. The lowest BCUT2D eigenvalue weighted by Crippen LogP contribution is -2.15. The summed E-state index contributed by atoms with van der Waals surface area (Å²) < 4.78 is 33.3. The van der Waals surface area contributed by atoms with E-state index in [1.807, 2.05) is 0 Å². The molecular formula is C11H15NO5S. The van der Waals surface area contributed by atoms with Gasteiger partial charge in [0.2, 0.25) is 0 Å². The third-order valence-corrected chi connectivity index (χ3v) is 3.49. The molecule has 0 fully saturated rings. The summed E-state index contributed by atoms with van der Waals surface area (Å²) in [5, 5.41) is 0. The number of hydrogen-bond acceptors (Lipinski definition) is 6. The van der Waals surface area contributed by atoms with Crippen molar-refractivity contribution in [2.45, 2.75) is 4.90 Å². The van der Waals surface area contributed by atoms with Crippen LogP contribution in [0.5, 0.6) is 11.5 Å². The van der Waals surface area contributed by atoms with Crippen LogP contribution in [-0.4, -0.2) is 41.2 Å². The summed E-state index contributed by atoms with van der Waals surface area (Å²) >= 11 is 0. The molecule has 0 aliphatic carbocycles. The Kier molecular flexibility index (Phi) is 4.31. The minimum atomic E-state index is -3.47. The molecule has 1 rings (SSSR count). The summed E-state index contributed by atoms with van der Waals surface area (Å²) in [5.74, 6) is -0.264. The molecule has 18 heavy (non-hydrogen) atoms. The smallest absolute Gasteiger partial charge is 0.180 e. The zero-order valence-corrected chi connectivity index (χ0v) is 11.2. The van der Waals surface area contributed by atoms with E-state index in [-0.39, 0.29) is 34.3 Å². The maximum atomic E-state index is 11.6. The lowest BCUT2D eigenvalue weighted by molar-refractivity contribution is 0.0997. The van der Waals surface area contributed by atoms with Gasteiger partial charge in [-0.1, -0.05) is 0 Å². The van der Waals surface area contributed by atoms with E-state index in [4.69, 9.17) is 15.2 Å². The molecule has 6 nitrogen and oxygen atoms in total. The molecule has 0 aliphatic heterocycles. The molecule has 0 unspecified atom stereocenters. The molecule has 100 valence electrons. The highest BCUT2D eigenvalue weighted by atomic mass is 32.2. The highest BCUT2D eigenvalue weighted by molar-refractivity contribution is 7.90. The van der Waals surface area contributed by atoms with Crippen LogP contribution in [0.25, 0.3) is 0 Å². The molecule has 7 heteroatoms. The first-order chi connectivity index (χ1) is 8.36. The molecule has 0 heterocycles. The summed E-state index contributed by atoms with van der Waals surface area (Å²) in [7, 11) is -0.836. The molecule has 0 aliphatic rings. The lowest BCUT2D eigenvalue weighted by atomic mass is 10.1. The van der Waals surface area contributed by atoms with Crippen molar-refractivity contribution in [3.8, 4) is 11.5 Å². The first-order valence-corrected chi connectivity index (χ1v) is 6.94. The van der Waals surface area contributed by atoms with Crippen LogP contribution in [0.15, 0.2) is 17.0 Å². The number of ketones is 1. The number of sulfone groups is 1. The van der Waals surface area contributed by atoms with E-state index in [9.17, 15) is 13.2 Å². The lowest BCUT2D eigenvalue weighted by Gasteiger charge is -2.14. The fourth-order valence-electron chi connectivity index (χ4n) is 1.56. The summed E-state index contributed by atoms with van der Waals surface area (Å²) in [4.78, 5) is 11.6. The van der Waals surface area contributed by atoms with E-state index < -0.39 is 9.84 Å². The average Bonchev–Trinajstić information content (AvgIpc) is 2.34. The summed E-state index contributed by atoms with van der Waals surface area (Å²) in [6.07, 6.45) is 1.05. The van der Waals surface area contributed by atoms with Gasteiger partial charge < -0.3 is 15.2 Å². The highest BCUT2D eigenvalue weighted by Gasteiger charge is 2.23. The van der Waals surface area contributed by atoms with E-state index >= 15 is 0 Å². The minimum Gasteiger partial charge on any atom is -0.492 e. The number of benzene rings is 1. The maximum Gasteiger partial charge on any atom is 0.180 e. The van der Waals surface area contributed by atoms with E-state index in [0.29, 0.717) is 0 Å². The summed E-state index contributed by atoms with van der Waals surface area (Å²) in [6, 6.07) is 2.67. The SMILES string of the molecule is COc1c(C(=O)CN)ccc(S(C)(=O)=O)c1OC. The van der Waals surface area contributed by atoms with Crippen molar-refractivity contribution < 1.29 is 22.7 Å². The van der Waals surface area contributed by atoms with Gasteiger partial charge in [0.1, 0.15) is 4.90 Å². The monoisotopic (exact) mass is 273 g/mol. The second-order valence-corrected chi connectivity index (χ2v) is 5.56. The molecule has 0 aromatic heterocycles. The second-order valence-electron chi connectivity index (χ2n) is 3.58. The topological polar surface area (TPSA) is 95.7 Å². The van der Waals surface area contributed by atoms with Crippen LogP contribution in [-0.2, 0) is 9.84 Å². The molecule has 2 N–H and O–H groups in total. The molecule has 0 amide bonds. The van der Waals surface area contributed by atoms with Gasteiger partial charge >= 0.3 is 0 Å². The van der Waals surface area contributed by atoms with Crippen LogP contribution in [0.4, 0.5) is 0 Å². The van der Waals surface area contributed by atoms with Gasteiger partial charge in [0.05, 0.1) is 26.3 Å². The highest BCUT2D eigenvalue weighted by Crippen LogP contribution is 2.37. The van der Waals surface area contributed by atoms with Gasteiger partial charge in [-0.15, -0.1) is 0 Å². The third kappa shape index (κ3) is 2.62. The number of methoxy groups -OCH3 is 2. The van der Waals surface area contributed by atoms with Crippen molar-refractivity contribution in [1.82, 2.24) is 0 Å². The maximum absolute atomic E-state index is 11.6. The van der Waals surface area contributed by atoms with Crippen molar-refractivity contribution in [2.24, 2.45) is 5.73 Å². The average molecular weight is 273 g/mol. The molecule has 0 bridgehead atoms. The predicted octanol–water partition coefficient (Wildman–Crippen LogP) is 0.249. The van der Waals surface area contributed by atoms with E-state index in [1.54, 1.807) is 0 Å². The van der Waals surface area contributed by atoms with Gasteiger partial charge in [0, 0.05) is 6.26 Å². The van der Waals surface area contributed by atoms with Crippen LogP contribution in [0.3, 0.4) is 0 Å². The van der Waals surface area contributed by atoms with Gasteiger partial charge in [-0.25, -0.2) is 8.42 Å². The Bertz CT molecular complexity index is 565. The number of carbonyl (C=O) groups excluding carboxylic acids is 1. The molecule has 1 aromatic rings. The molecule has 0 saturated carbocycles. The number of ether oxygens (including phenoxy) is 2. The molecule has 0 atom stereocenters. The first-order valence-electron chi connectivity index (χ1n) is 5.05. The Morgan fingerprint density at radius 1 is 1.22 bits per heavy atom. The molecule has 0 radical (unpaired) electrons. The fraction of sp³-hybridized carbons (Fsp3) is 0.364. The predicted molar refractivity (Wildman–Crippen MR) is 66.0 cm³/mol. The standard InChI is InChI=1S/C11H15NO5S/c1-16-10-7(8(13)6-12)4-5-9(11(10)17-2)18(3,14)15/h4-5H,6,12H2,1-3H3. The van der Waals surface area contributed by atoms with Crippen LogP contribution < -0.4 is 15.2 Å². The van der Waals surface area contributed by atoms with E-state index in [0.717, 1.165) is 6.26 Å². The van der Waals surface area contributed by atoms with Crippen molar-refractivity contribution in [3.63, 3.8) is 0 Å². The number of carbonyl (C=O) groups is 1. The van der Waals surface area contributed by atoms with Crippen LogP contribution >= 0.6 is 0 Å². The van der Waals surface area contributed by atoms with Gasteiger partial charge in [0.15, 0.2) is 27.1 Å². The largest absolute Gasteiger partial charge is 0.492 e. The number of hydrogen-bond donors (Lipinski definition) is 1. The Hall–Kier alpha value is -1.60. The number of nitrogens with two attached hydrogens (primary N) is 1. The molecule has 1 aromatic carbocycles. The van der Waals surface area contributed by atoms with Crippen LogP contribution in [0, 0.1) is 0 Å². The molecule has 0 spiro atoms. The third-order valence-electron chi connectivity index (χ3n) is 2.37. The van der Waals surface area contributed by atoms with Crippen LogP contribution in [0.1, 0.15) is 10.4 Å². The summed E-state index contributed by atoms with van der Waals surface area (Å²) in [6.45, 7) is -0.197. The van der Waals surface area contributed by atoms with Gasteiger partial charge in [-0.3, -0.25) is 4.79 Å². The minimum absolute atomic E-state index is 0.0132. The van der Waals surface area contributed by atoms with Crippen molar-refractivity contribution >= 4 is 15.6 Å². The number of rotatable bonds is 5. The van der Waals surface area contributed by atoms with Gasteiger partial charge in [0.25, 0.3) is 0 Å². The van der Waals surface area contributed by atoms with Crippen molar-refractivity contribution in [2.75, 3.05) is 27.0 Å². The van der Waals surface area contributed by atoms with E-state index in [2.05, 4.69) is 0 Å². The van der Waals surface area contributed by atoms with Gasteiger partial charge in [-0.05, 0) is 12.1 Å². The number of Topliss-reactive ketones (excluding diaryl/α,β-unsaturated/α-hetero) is 1. The molecule has 0 saturated heterocycles. The Labute approximate surface area is 106 Å². The Morgan fingerprint density at radius 2 is 1.78 bits per heavy atom.